The lowest BCUT2D eigenvalue weighted by Crippen LogP contribution is -2.39. The fourth-order valence-corrected chi connectivity index (χ4v) is 2.75. The van der Waals surface area contributed by atoms with E-state index < -0.39 is 0 Å². The zero-order valence-electron chi connectivity index (χ0n) is 10.7. The van der Waals surface area contributed by atoms with E-state index in [1.165, 1.54) is 4.90 Å². The number of hydrogen-bond donors (Lipinski definition) is 2. The van der Waals surface area contributed by atoms with Crippen molar-refractivity contribution in [2.75, 3.05) is 12.3 Å². The second kappa shape index (κ2) is 6.81. The molecule has 1 aromatic carbocycles. The molecule has 3 nitrogen and oxygen atoms in total. The quantitative estimate of drug-likeness (QED) is 0.801. The SMILES string of the molecule is CCSc1ccc(CNC(=O)C2CCCN2)cc1. The van der Waals surface area contributed by atoms with Gasteiger partial charge in [0.25, 0.3) is 0 Å². The van der Waals surface area contributed by atoms with Crippen LogP contribution in [-0.4, -0.2) is 24.2 Å². The van der Waals surface area contributed by atoms with Crippen molar-refractivity contribution in [3.63, 3.8) is 0 Å². The Hall–Kier alpha value is -1.00. The van der Waals surface area contributed by atoms with Gasteiger partial charge in [0.15, 0.2) is 0 Å². The van der Waals surface area contributed by atoms with Crippen LogP contribution in [0, 0.1) is 0 Å². The van der Waals surface area contributed by atoms with Crippen molar-refractivity contribution in [2.24, 2.45) is 0 Å². The van der Waals surface area contributed by atoms with Gasteiger partial charge in [0.05, 0.1) is 6.04 Å². The molecule has 0 saturated carbocycles. The van der Waals surface area contributed by atoms with Crippen LogP contribution in [0.15, 0.2) is 29.2 Å². The van der Waals surface area contributed by atoms with Crippen LogP contribution >= 0.6 is 11.8 Å². The van der Waals surface area contributed by atoms with Crippen molar-refractivity contribution < 1.29 is 4.79 Å². The smallest absolute Gasteiger partial charge is 0.237 e. The van der Waals surface area contributed by atoms with Gasteiger partial charge in [-0.1, -0.05) is 19.1 Å². The Labute approximate surface area is 113 Å². The average Bonchev–Trinajstić information content (AvgIpc) is 2.92. The molecule has 1 saturated heterocycles. The molecule has 1 atom stereocenters. The Morgan fingerprint density at radius 1 is 1.44 bits per heavy atom. The first-order valence-electron chi connectivity index (χ1n) is 6.52. The summed E-state index contributed by atoms with van der Waals surface area (Å²) in [5.74, 6) is 1.21. The molecule has 4 heteroatoms. The molecule has 18 heavy (non-hydrogen) atoms. The molecular formula is C14H20N2OS. The van der Waals surface area contributed by atoms with Crippen molar-refractivity contribution in [3.05, 3.63) is 29.8 Å². The van der Waals surface area contributed by atoms with Crippen LogP contribution in [0.3, 0.4) is 0 Å². The van der Waals surface area contributed by atoms with Gasteiger partial charge in [-0.25, -0.2) is 0 Å². The Morgan fingerprint density at radius 3 is 2.83 bits per heavy atom. The van der Waals surface area contributed by atoms with Gasteiger partial charge in [0.1, 0.15) is 0 Å². The van der Waals surface area contributed by atoms with Crippen LogP contribution in [0.4, 0.5) is 0 Å². The summed E-state index contributed by atoms with van der Waals surface area (Å²) in [5, 5.41) is 6.19. The van der Waals surface area contributed by atoms with Crippen LogP contribution in [0.1, 0.15) is 25.3 Å². The maximum absolute atomic E-state index is 11.8. The molecule has 2 N–H and O–H groups in total. The zero-order chi connectivity index (χ0) is 12.8. The molecule has 0 spiro atoms. The van der Waals surface area contributed by atoms with E-state index in [4.69, 9.17) is 0 Å². The summed E-state index contributed by atoms with van der Waals surface area (Å²) in [6.07, 6.45) is 2.05. The van der Waals surface area contributed by atoms with Gasteiger partial charge < -0.3 is 10.6 Å². The van der Waals surface area contributed by atoms with Gasteiger partial charge in [-0.3, -0.25) is 4.79 Å². The minimum atomic E-state index is 0.0138. The van der Waals surface area contributed by atoms with Crippen LogP contribution in [0.2, 0.25) is 0 Å². The van der Waals surface area contributed by atoms with Crippen molar-refractivity contribution in [3.8, 4) is 0 Å². The molecule has 1 aromatic rings. The summed E-state index contributed by atoms with van der Waals surface area (Å²) in [5.41, 5.74) is 1.15. The van der Waals surface area contributed by atoms with E-state index in [-0.39, 0.29) is 11.9 Å². The Bertz CT molecular complexity index is 385. The van der Waals surface area contributed by atoms with Crippen LogP contribution in [0.25, 0.3) is 0 Å². The van der Waals surface area contributed by atoms with Gasteiger partial charge in [-0.05, 0) is 42.8 Å². The highest BCUT2D eigenvalue weighted by atomic mass is 32.2. The Balaban J connectivity index is 1.80. The molecule has 1 aliphatic heterocycles. The summed E-state index contributed by atoms with van der Waals surface area (Å²) in [6.45, 7) is 3.72. The van der Waals surface area contributed by atoms with Gasteiger partial charge in [-0.2, -0.15) is 0 Å². The standard InChI is InChI=1S/C14H20N2OS/c1-2-18-12-7-5-11(6-8-12)10-16-14(17)13-4-3-9-15-13/h5-8,13,15H,2-4,9-10H2,1H3,(H,16,17). The van der Waals surface area contributed by atoms with E-state index in [0.29, 0.717) is 6.54 Å². The third-order valence-electron chi connectivity index (χ3n) is 3.08. The number of hydrogen-bond acceptors (Lipinski definition) is 3. The summed E-state index contributed by atoms with van der Waals surface area (Å²) in [6, 6.07) is 8.41. The van der Waals surface area contributed by atoms with Crippen molar-refractivity contribution >= 4 is 17.7 Å². The first-order valence-corrected chi connectivity index (χ1v) is 7.51. The lowest BCUT2D eigenvalue weighted by atomic mass is 10.2. The largest absolute Gasteiger partial charge is 0.351 e. The predicted molar refractivity (Wildman–Crippen MR) is 75.7 cm³/mol. The monoisotopic (exact) mass is 264 g/mol. The number of benzene rings is 1. The molecule has 1 fully saturated rings. The Kier molecular flexibility index (Phi) is 5.08. The molecule has 0 aromatic heterocycles. The zero-order valence-corrected chi connectivity index (χ0v) is 11.6. The second-order valence-corrected chi connectivity index (χ2v) is 5.78. The van der Waals surface area contributed by atoms with E-state index in [2.05, 4.69) is 41.8 Å². The second-order valence-electron chi connectivity index (χ2n) is 4.44. The van der Waals surface area contributed by atoms with E-state index >= 15 is 0 Å². The number of carbonyl (C=O) groups is 1. The van der Waals surface area contributed by atoms with Gasteiger partial charge in [0.2, 0.25) is 5.91 Å². The van der Waals surface area contributed by atoms with Crippen LogP contribution in [-0.2, 0) is 11.3 Å². The van der Waals surface area contributed by atoms with E-state index in [1.54, 1.807) is 0 Å². The molecular weight excluding hydrogens is 244 g/mol. The first kappa shape index (κ1) is 13.4. The highest BCUT2D eigenvalue weighted by Crippen LogP contribution is 2.17. The molecule has 2 rings (SSSR count). The minimum Gasteiger partial charge on any atom is -0.351 e. The van der Waals surface area contributed by atoms with E-state index in [1.807, 2.05) is 11.8 Å². The molecule has 0 radical (unpaired) electrons. The van der Waals surface area contributed by atoms with Gasteiger partial charge in [0, 0.05) is 11.4 Å². The maximum atomic E-state index is 11.8. The lowest BCUT2D eigenvalue weighted by molar-refractivity contribution is -0.122. The van der Waals surface area contributed by atoms with Crippen molar-refractivity contribution in [2.45, 2.75) is 37.2 Å². The Morgan fingerprint density at radius 2 is 2.22 bits per heavy atom. The molecule has 0 bridgehead atoms. The van der Waals surface area contributed by atoms with Crippen molar-refractivity contribution in [1.29, 1.82) is 0 Å². The maximum Gasteiger partial charge on any atom is 0.237 e. The predicted octanol–water partition coefficient (Wildman–Crippen LogP) is 2.17. The average molecular weight is 264 g/mol. The topological polar surface area (TPSA) is 41.1 Å². The number of carbonyl (C=O) groups excluding carboxylic acids is 1. The first-order chi connectivity index (χ1) is 8.79. The summed E-state index contributed by atoms with van der Waals surface area (Å²) in [7, 11) is 0. The highest BCUT2D eigenvalue weighted by Gasteiger charge is 2.21. The fourth-order valence-electron chi connectivity index (χ4n) is 2.09. The number of amides is 1. The molecule has 1 amide bonds. The summed E-state index contributed by atoms with van der Waals surface area (Å²) < 4.78 is 0. The lowest BCUT2D eigenvalue weighted by Gasteiger charge is -2.11. The van der Waals surface area contributed by atoms with Gasteiger partial charge in [-0.15, -0.1) is 11.8 Å². The third kappa shape index (κ3) is 3.75. The molecule has 1 unspecified atom stereocenters. The molecule has 1 aliphatic rings. The van der Waals surface area contributed by atoms with E-state index in [9.17, 15) is 4.79 Å². The molecule has 1 heterocycles. The molecule has 0 aliphatic carbocycles. The summed E-state index contributed by atoms with van der Waals surface area (Å²) in [4.78, 5) is 13.1. The van der Waals surface area contributed by atoms with Crippen LogP contribution < -0.4 is 10.6 Å². The van der Waals surface area contributed by atoms with Crippen molar-refractivity contribution in [1.82, 2.24) is 10.6 Å². The van der Waals surface area contributed by atoms with Crippen LogP contribution in [0.5, 0.6) is 0 Å². The third-order valence-corrected chi connectivity index (χ3v) is 3.97. The normalized spacial score (nSPS) is 18.8. The fraction of sp³-hybridized carbons (Fsp3) is 0.500. The molecule has 98 valence electrons. The number of rotatable bonds is 5. The minimum absolute atomic E-state index is 0.0138. The number of nitrogens with one attached hydrogen (secondary N) is 2. The highest BCUT2D eigenvalue weighted by molar-refractivity contribution is 7.99. The summed E-state index contributed by atoms with van der Waals surface area (Å²) >= 11 is 1.83. The van der Waals surface area contributed by atoms with Gasteiger partial charge >= 0.3 is 0 Å². The number of thioether (sulfide) groups is 1. The van der Waals surface area contributed by atoms with E-state index in [0.717, 1.165) is 30.7 Å².